The Morgan fingerprint density at radius 2 is 1.63 bits per heavy atom. The lowest BCUT2D eigenvalue weighted by Gasteiger charge is -2.45. The summed E-state index contributed by atoms with van der Waals surface area (Å²) >= 11 is 0. The highest BCUT2D eigenvalue weighted by atomic mass is 16.2. The second kappa shape index (κ2) is 6.20. The van der Waals surface area contributed by atoms with Crippen molar-refractivity contribution in [2.24, 2.45) is 0 Å². The van der Waals surface area contributed by atoms with E-state index in [2.05, 4.69) is 35.9 Å². The van der Waals surface area contributed by atoms with E-state index in [4.69, 9.17) is 0 Å². The standard InChI is InChI=1S/C14H28N4O/c1-4-16-9-11-18(12-10-16)14(2,3)13(19)17-7-5-15-6-8-17/h15H,4-12H2,1-3H3. The van der Waals surface area contributed by atoms with Crippen molar-refractivity contribution in [3.63, 3.8) is 0 Å². The molecule has 0 unspecified atom stereocenters. The van der Waals surface area contributed by atoms with Gasteiger partial charge in [-0.3, -0.25) is 9.69 Å². The third-order valence-corrected chi connectivity index (χ3v) is 4.54. The maximum absolute atomic E-state index is 12.7. The Morgan fingerprint density at radius 3 is 2.16 bits per heavy atom. The Kier molecular flexibility index (Phi) is 4.81. The molecule has 2 saturated heterocycles. The highest BCUT2D eigenvalue weighted by molar-refractivity contribution is 5.85. The molecule has 110 valence electrons. The van der Waals surface area contributed by atoms with Crippen molar-refractivity contribution in [1.29, 1.82) is 0 Å². The first kappa shape index (κ1) is 14.8. The quantitative estimate of drug-likeness (QED) is 0.772. The molecule has 0 aliphatic carbocycles. The third kappa shape index (κ3) is 3.27. The van der Waals surface area contributed by atoms with E-state index < -0.39 is 0 Å². The largest absolute Gasteiger partial charge is 0.339 e. The van der Waals surface area contributed by atoms with Crippen LogP contribution in [0.15, 0.2) is 0 Å². The zero-order valence-electron chi connectivity index (χ0n) is 12.6. The van der Waals surface area contributed by atoms with Crippen LogP contribution in [0, 0.1) is 0 Å². The Hall–Kier alpha value is -0.650. The predicted octanol–water partition coefficient (Wildman–Crippen LogP) is -0.166. The highest BCUT2D eigenvalue weighted by Gasteiger charge is 2.39. The third-order valence-electron chi connectivity index (χ3n) is 4.54. The molecule has 0 bridgehead atoms. The molecule has 2 fully saturated rings. The van der Waals surface area contributed by atoms with E-state index in [-0.39, 0.29) is 5.54 Å². The summed E-state index contributed by atoms with van der Waals surface area (Å²) in [5.74, 6) is 0.291. The fourth-order valence-corrected chi connectivity index (χ4v) is 3.01. The molecule has 0 radical (unpaired) electrons. The van der Waals surface area contributed by atoms with Crippen LogP contribution in [0.2, 0.25) is 0 Å². The molecule has 2 aliphatic heterocycles. The number of nitrogens with one attached hydrogen (secondary N) is 1. The van der Waals surface area contributed by atoms with Gasteiger partial charge in [0.2, 0.25) is 5.91 Å². The van der Waals surface area contributed by atoms with E-state index in [1.54, 1.807) is 0 Å². The van der Waals surface area contributed by atoms with Crippen LogP contribution in [0.1, 0.15) is 20.8 Å². The molecule has 5 nitrogen and oxygen atoms in total. The van der Waals surface area contributed by atoms with Crippen LogP contribution in [-0.4, -0.2) is 85.0 Å². The molecule has 1 N–H and O–H groups in total. The number of piperazine rings is 2. The minimum absolute atomic E-state index is 0.291. The van der Waals surface area contributed by atoms with Crippen molar-refractivity contribution in [3.8, 4) is 0 Å². The van der Waals surface area contributed by atoms with Crippen LogP contribution < -0.4 is 5.32 Å². The zero-order valence-corrected chi connectivity index (χ0v) is 12.6. The van der Waals surface area contributed by atoms with E-state index in [1.165, 1.54) is 0 Å². The van der Waals surface area contributed by atoms with Gasteiger partial charge in [-0.05, 0) is 20.4 Å². The minimum atomic E-state index is -0.364. The molecule has 5 heteroatoms. The van der Waals surface area contributed by atoms with Gasteiger partial charge in [0.15, 0.2) is 0 Å². The summed E-state index contributed by atoms with van der Waals surface area (Å²) < 4.78 is 0. The Labute approximate surface area is 116 Å². The maximum Gasteiger partial charge on any atom is 0.242 e. The zero-order chi connectivity index (χ0) is 13.9. The van der Waals surface area contributed by atoms with Gasteiger partial charge in [-0.25, -0.2) is 0 Å². The number of carbonyl (C=O) groups is 1. The van der Waals surface area contributed by atoms with Gasteiger partial charge in [-0.1, -0.05) is 6.92 Å². The monoisotopic (exact) mass is 268 g/mol. The maximum atomic E-state index is 12.7. The second-order valence-electron chi connectivity index (χ2n) is 6.02. The number of likely N-dealkylation sites (N-methyl/N-ethyl adjacent to an activating group) is 1. The summed E-state index contributed by atoms with van der Waals surface area (Å²) in [5, 5.41) is 3.30. The minimum Gasteiger partial charge on any atom is -0.339 e. The van der Waals surface area contributed by atoms with Crippen LogP contribution >= 0.6 is 0 Å². The summed E-state index contributed by atoms with van der Waals surface area (Å²) in [5.41, 5.74) is -0.364. The predicted molar refractivity (Wildman–Crippen MR) is 77.2 cm³/mol. The van der Waals surface area contributed by atoms with Crippen LogP contribution in [0.3, 0.4) is 0 Å². The van der Waals surface area contributed by atoms with Crippen molar-refractivity contribution in [3.05, 3.63) is 0 Å². The van der Waals surface area contributed by atoms with Gasteiger partial charge in [0.25, 0.3) is 0 Å². The smallest absolute Gasteiger partial charge is 0.242 e. The molecule has 0 atom stereocenters. The van der Waals surface area contributed by atoms with Crippen LogP contribution in [0.5, 0.6) is 0 Å². The molecule has 19 heavy (non-hydrogen) atoms. The molecule has 2 rings (SSSR count). The molecule has 0 aromatic rings. The normalized spacial score (nSPS) is 23.6. The van der Waals surface area contributed by atoms with Gasteiger partial charge in [-0.2, -0.15) is 0 Å². The van der Waals surface area contributed by atoms with E-state index in [0.29, 0.717) is 5.91 Å². The Balaban J connectivity index is 1.94. The van der Waals surface area contributed by atoms with Crippen molar-refractivity contribution < 1.29 is 4.79 Å². The molecular weight excluding hydrogens is 240 g/mol. The average Bonchev–Trinajstić information content (AvgIpc) is 2.47. The Morgan fingerprint density at radius 1 is 1.05 bits per heavy atom. The van der Waals surface area contributed by atoms with Crippen LogP contribution in [-0.2, 0) is 4.79 Å². The van der Waals surface area contributed by atoms with Gasteiger partial charge in [0.05, 0.1) is 5.54 Å². The first-order chi connectivity index (χ1) is 9.05. The van der Waals surface area contributed by atoms with Crippen molar-refractivity contribution in [1.82, 2.24) is 20.0 Å². The number of nitrogens with zero attached hydrogens (tertiary/aromatic N) is 3. The summed E-state index contributed by atoms with van der Waals surface area (Å²) in [7, 11) is 0. The number of rotatable bonds is 3. The van der Waals surface area contributed by atoms with E-state index >= 15 is 0 Å². The van der Waals surface area contributed by atoms with Crippen LogP contribution in [0.4, 0.5) is 0 Å². The molecule has 2 heterocycles. The average molecular weight is 268 g/mol. The number of amides is 1. The topological polar surface area (TPSA) is 38.8 Å². The molecule has 2 aliphatic rings. The van der Waals surface area contributed by atoms with E-state index in [9.17, 15) is 4.79 Å². The summed E-state index contributed by atoms with van der Waals surface area (Å²) in [6.45, 7) is 15.2. The van der Waals surface area contributed by atoms with Gasteiger partial charge in [0, 0.05) is 52.4 Å². The summed E-state index contributed by atoms with van der Waals surface area (Å²) in [6.07, 6.45) is 0. The molecule has 0 spiro atoms. The molecule has 0 saturated carbocycles. The van der Waals surface area contributed by atoms with Crippen LogP contribution in [0.25, 0.3) is 0 Å². The number of hydrogen-bond acceptors (Lipinski definition) is 4. The van der Waals surface area contributed by atoms with Crippen molar-refractivity contribution in [2.75, 3.05) is 58.9 Å². The van der Waals surface area contributed by atoms with E-state index in [1.807, 2.05) is 4.90 Å². The number of carbonyl (C=O) groups excluding carboxylic acids is 1. The fraction of sp³-hybridized carbons (Fsp3) is 0.929. The first-order valence-corrected chi connectivity index (χ1v) is 7.53. The van der Waals surface area contributed by atoms with Gasteiger partial charge in [0.1, 0.15) is 0 Å². The van der Waals surface area contributed by atoms with Crippen molar-refractivity contribution in [2.45, 2.75) is 26.3 Å². The second-order valence-corrected chi connectivity index (χ2v) is 6.02. The highest BCUT2D eigenvalue weighted by Crippen LogP contribution is 2.20. The summed E-state index contributed by atoms with van der Waals surface area (Å²) in [6, 6.07) is 0. The lowest BCUT2D eigenvalue weighted by Crippen LogP contribution is -2.62. The Bertz CT molecular complexity index is 305. The van der Waals surface area contributed by atoms with E-state index in [0.717, 1.165) is 58.9 Å². The molecule has 0 aromatic carbocycles. The lowest BCUT2D eigenvalue weighted by molar-refractivity contribution is -0.144. The first-order valence-electron chi connectivity index (χ1n) is 7.53. The summed E-state index contributed by atoms with van der Waals surface area (Å²) in [4.78, 5) is 19.5. The number of hydrogen-bond donors (Lipinski definition) is 1. The molecule has 0 aromatic heterocycles. The lowest BCUT2D eigenvalue weighted by atomic mass is 9.99. The molecular formula is C14H28N4O. The van der Waals surface area contributed by atoms with Gasteiger partial charge in [-0.15, -0.1) is 0 Å². The SMILES string of the molecule is CCN1CCN(C(C)(C)C(=O)N2CCNCC2)CC1. The van der Waals surface area contributed by atoms with Gasteiger partial charge < -0.3 is 15.1 Å². The van der Waals surface area contributed by atoms with Gasteiger partial charge >= 0.3 is 0 Å². The molecule has 1 amide bonds. The van der Waals surface area contributed by atoms with Crippen molar-refractivity contribution >= 4 is 5.91 Å². The fourth-order valence-electron chi connectivity index (χ4n) is 3.01.